The van der Waals surface area contributed by atoms with E-state index in [1.165, 1.54) is 0 Å². The molecule has 1 amide bonds. The van der Waals surface area contributed by atoms with E-state index in [2.05, 4.69) is 20.6 Å². The summed E-state index contributed by atoms with van der Waals surface area (Å²) >= 11 is 0. The molecule has 1 N–H and O–H groups in total. The van der Waals surface area contributed by atoms with Crippen LogP contribution in [0.2, 0.25) is 0 Å². The van der Waals surface area contributed by atoms with Gasteiger partial charge in [-0.25, -0.2) is 9.67 Å². The second-order valence-electron chi connectivity index (χ2n) is 6.12. The van der Waals surface area contributed by atoms with Gasteiger partial charge in [-0.05, 0) is 45.4 Å². The SMILES string of the molecule is Cc1cc(C)n(-c2ccc(CNC(=O)Cc3c(C)noc3C)cn2)n1. The minimum absolute atomic E-state index is 0.0722. The highest BCUT2D eigenvalue weighted by molar-refractivity contribution is 5.78. The largest absolute Gasteiger partial charge is 0.361 e. The molecule has 3 aromatic heterocycles. The van der Waals surface area contributed by atoms with E-state index in [0.717, 1.165) is 34.0 Å². The van der Waals surface area contributed by atoms with Crippen LogP contribution < -0.4 is 5.32 Å². The number of nitrogens with one attached hydrogen (secondary N) is 1. The molecule has 0 unspecified atom stereocenters. The molecular formula is C18H21N5O2. The van der Waals surface area contributed by atoms with Crippen LogP contribution in [0.5, 0.6) is 0 Å². The Morgan fingerprint density at radius 3 is 2.60 bits per heavy atom. The predicted octanol–water partition coefficient (Wildman–Crippen LogP) is 2.35. The fraction of sp³-hybridized carbons (Fsp3) is 0.333. The number of carbonyl (C=O) groups is 1. The molecule has 0 aliphatic carbocycles. The van der Waals surface area contributed by atoms with Crippen molar-refractivity contribution in [2.45, 2.75) is 40.7 Å². The van der Waals surface area contributed by atoms with Crippen LogP contribution in [0, 0.1) is 27.7 Å². The molecule has 0 saturated carbocycles. The van der Waals surface area contributed by atoms with E-state index < -0.39 is 0 Å². The number of pyridine rings is 1. The zero-order valence-electron chi connectivity index (χ0n) is 14.8. The van der Waals surface area contributed by atoms with Gasteiger partial charge >= 0.3 is 0 Å². The molecule has 3 heterocycles. The summed E-state index contributed by atoms with van der Waals surface area (Å²) in [5.41, 5.74) is 4.51. The molecule has 0 fully saturated rings. The summed E-state index contributed by atoms with van der Waals surface area (Å²) in [5.74, 6) is 1.37. The van der Waals surface area contributed by atoms with E-state index in [-0.39, 0.29) is 12.3 Å². The maximum Gasteiger partial charge on any atom is 0.224 e. The lowest BCUT2D eigenvalue weighted by Crippen LogP contribution is -2.25. The molecule has 130 valence electrons. The van der Waals surface area contributed by atoms with Gasteiger partial charge in [-0.2, -0.15) is 5.10 Å². The first kappa shape index (κ1) is 16.9. The van der Waals surface area contributed by atoms with Crippen molar-refractivity contribution >= 4 is 5.91 Å². The molecule has 0 aliphatic heterocycles. The molecule has 0 bridgehead atoms. The molecule has 0 aromatic carbocycles. The van der Waals surface area contributed by atoms with E-state index in [1.54, 1.807) is 10.9 Å². The Hall–Kier alpha value is -2.96. The van der Waals surface area contributed by atoms with Crippen LogP contribution in [0.4, 0.5) is 0 Å². The van der Waals surface area contributed by atoms with Gasteiger partial charge in [0.05, 0.1) is 17.8 Å². The summed E-state index contributed by atoms with van der Waals surface area (Å²) in [4.78, 5) is 16.5. The van der Waals surface area contributed by atoms with Gasteiger partial charge in [0.2, 0.25) is 5.91 Å². The first-order valence-corrected chi connectivity index (χ1v) is 8.11. The Bertz CT molecular complexity index is 873. The first-order chi connectivity index (χ1) is 11.9. The Balaban J connectivity index is 1.60. The molecule has 3 aromatic rings. The van der Waals surface area contributed by atoms with Crippen LogP contribution in [0.15, 0.2) is 28.9 Å². The Morgan fingerprint density at radius 1 is 1.24 bits per heavy atom. The highest BCUT2D eigenvalue weighted by Gasteiger charge is 2.13. The van der Waals surface area contributed by atoms with Gasteiger partial charge in [-0.1, -0.05) is 11.2 Å². The monoisotopic (exact) mass is 339 g/mol. The summed E-state index contributed by atoms with van der Waals surface area (Å²) in [6.45, 7) is 8.01. The Labute approximate surface area is 146 Å². The van der Waals surface area contributed by atoms with Crippen molar-refractivity contribution in [3.05, 3.63) is 58.4 Å². The fourth-order valence-corrected chi connectivity index (χ4v) is 2.69. The third kappa shape index (κ3) is 3.76. The molecule has 0 radical (unpaired) electrons. The predicted molar refractivity (Wildman–Crippen MR) is 92.4 cm³/mol. The number of amides is 1. The van der Waals surface area contributed by atoms with Crippen LogP contribution in [-0.4, -0.2) is 25.8 Å². The van der Waals surface area contributed by atoms with Gasteiger partial charge in [0, 0.05) is 24.0 Å². The maximum atomic E-state index is 12.1. The summed E-state index contributed by atoms with van der Waals surface area (Å²) in [6, 6.07) is 5.84. The lowest BCUT2D eigenvalue weighted by atomic mass is 10.1. The highest BCUT2D eigenvalue weighted by Crippen LogP contribution is 2.13. The number of nitrogens with zero attached hydrogens (tertiary/aromatic N) is 4. The molecular weight excluding hydrogens is 318 g/mol. The molecule has 7 nitrogen and oxygen atoms in total. The molecule has 0 aliphatic rings. The normalized spacial score (nSPS) is 10.9. The third-order valence-corrected chi connectivity index (χ3v) is 4.04. The van der Waals surface area contributed by atoms with E-state index in [9.17, 15) is 4.79 Å². The molecule has 0 saturated heterocycles. The smallest absolute Gasteiger partial charge is 0.224 e. The van der Waals surface area contributed by atoms with Crippen LogP contribution >= 0.6 is 0 Å². The second kappa shape index (κ2) is 6.88. The average molecular weight is 339 g/mol. The van der Waals surface area contributed by atoms with Crippen molar-refractivity contribution in [2.75, 3.05) is 0 Å². The minimum atomic E-state index is -0.0722. The van der Waals surface area contributed by atoms with Crippen molar-refractivity contribution in [2.24, 2.45) is 0 Å². The van der Waals surface area contributed by atoms with Gasteiger partial charge in [0.15, 0.2) is 5.82 Å². The number of hydrogen-bond acceptors (Lipinski definition) is 5. The maximum absolute atomic E-state index is 12.1. The standard InChI is InChI=1S/C18H21N5O2/c1-11-7-12(2)23(21-11)17-6-5-15(9-19-17)10-20-18(24)8-16-13(3)22-25-14(16)4/h5-7,9H,8,10H2,1-4H3,(H,20,24). The molecule has 0 atom stereocenters. The fourth-order valence-electron chi connectivity index (χ4n) is 2.69. The molecule has 7 heteroatoms. The quantitative estimate of drug-likeness (QED) is 0.771. The summed E-state index contributed by atoms with van der Waals surface area (Å²) < 4.78 is 6.88. The zero-order valence-corrected chi connectivity index (χ0v) is 14.8. The van der Waals surface area contributed by atoms with Crippen molar-refractivity contribution in [3.63, 3.8) is 0 Å². The minimum Gasteiger partial charge on any atom is -0.361 e. The lowest BCUT2D eigenvalue weighted by Gasteiger charge is -2.07. The van der Waals surface area contributed by atoms with Crippen LogP contribution in [-0.2, 0) is 17.8 Å². The van der Waals surface area contributed by atoms with E-state index in [1.807, 2.05) is 45.9 Å². The number of rotatable bonds is 5. The van der Waals surface area contributed by atoms with Crippen molar-refractivity contribution in [1.82, 2.24) is 25.2 Å². The van der Waals surface area contributed by atoms with Gasteiger partial charge in [-0.15, -0.1) is 0 Å². The summed E-state index contributed by atoms with van der Waals surface area (Å²) in [5, 5.41) is 11.2. The van der Waals surface area contributed by atoms with Crippen molar-refractivity contribution < 1.29 is 9.32 Å². The lowest BCUT2D eigenvalue weighted by molar-refractivity contribution is -0.120. The Morgan fingerprint density at radius 2 is 2.04 bits per heavy atom. The van der Waals surface area contributed by atoms with Crippen LogP contribution in [0.1, 0.15) is 34.0 Å². The third-order valence-electron chi connectivity index (χ3n) is 4.04. The van der Waals surface area contributed by atoms with Gasteiger partial charge in [0.1, 0.15) is 5.76 Å². The zero-order chi connectivity index (χ0) is 18.0. The van der Waals surface area contributed by atoms with Crippen molar-refractivity contribution in [3.8, 4) is 5.82 Å². The second-order valence-corrected chi connectivity index (χ2v) is 6.12. The van der Waals surface area contributed by atoms with E-state index >= 15 is 0 Å². The first-order valence-electron chi connectivity index (χ1n) is 8.11. The van der Waals surface area contributed by atoms with E-state index in [0.29, 0.717) is 12.3 Å². The van der Waals surface area contributed by atoms with Gasteiger partial charge < -0.3 is 9.84 Å². The van der Waals surface area contributed by atoms with Crippen LogP contribution in [0.25, 0.3) is 5.82 Å². The number of aromatic nitrogens is 4. The molecule has 0 spiro atoms. The summed E-state index contributed by atoms with van der Waals surface area (Å²) in [7, 11) is 0. The van der Waals surface area contributed by atoms with E-state index in [4.69, 9.17) is 4.52 Å². The molecule has 3 rings (SSSR count). The Kier molecular flexibility index (Phi) is 4.65. The number of hydrogen-bond donors (Lipinski definition) is 1. The van der Waals surface area contributed by atoms with Crippen LogP contribution in [0.3, 0.4) is 0 Å². The average Bonchev–Trinajstić information content (AvgIpc) is 3.09. The van der Waals surface area contributed by atoms with Gasteiger partial charge in [0.25, 0.3) is 0 Å². The highest BCUT2D eigenvalue weighted by atomic mass is 16.5. The summed E-state index contributed by atoms with van der Waals surface area (Å²) in [6.07, 6.45) is 2.01. The number of carbonyl (C=O) groups excluding carboxylic acids is 1. The van der Waals surface area contributed by atoms with Gasteiger partial charge in [-0.3, -0.25) is 4.79 Å². The number of aryl methyl sites for hydroxylation is 4. The van der Waals surface area contributed by atoms with Crippen molar-refractivity contribution in [1.29, 1.82) is 0 Å². The topological polar surface area (TPSA) is 85.8 Å². The molecule has 25 heavy (non-hydrogen) atoms.